The standard InChI is InChI=1S/C15H20N2O/c1-11-6-12(7-16)8-17(11)9-13-10-18-15-5-3-2-4-14(13)15/h2-5,10-12H,6-9,16H2,1H3. The third kappa shape index (κ3) is 2.04. The second-order valence-corrected chi connectivity index (χ2v) is 5.37. The van der Waals surface area contributed by atoms with Gasteiger partial charge in [-0.15, -0.1) is 0 Å². The molecule has 1 fully saturated rings. The van der Waals surface area contributed by atoms with Crippen LogP contribution in [0.3, 0.4) is 0 Å². The molecular formula is C15H20N2O. The molecule has 3 rings (SSSR count). The normalized spacial score (nSPS) is 25.0. The van der Waals surface area contributed by atoms with Crippen molar-refractivity contribution >= 4 is 11.0 Å². The van der Waals surface area contributed by atoms with Crippen molar-refractivity contribution in [1.82, 2.24) is 4.90 Å². The van der Waals surface area contributed by atoms with Crippen LogP contribution >= 0.6 is 0 Å². The lowest BCUT2D eigenvalue weighted by atomic mass is 10.1. The van der Waals surface area contributed by atoms with Gasteiger partial charge in [0.2, 0.25) is 0 Å². The van der Waals surface area contributed by atoms with Gasteiger partial charge in [-0.1, -0.05) is 18.2 Å². The first-order valence-electron chi connectivity index (χ1n) is 6.67. The van der Waals surface area contributed by atoms with E-state index in [1.165, 1.54) is 17.4 Å². The Labute approximate surface area is 108 Å². The zero-order valence-corrected chi connectivity index (χ0v) is 10.8. The van der Waals surface area contributed by atoms with Crippen LogP contribution in [-0.2, 0) is 6.54 Å². The van der Waals surface area contributed by atoms with E-state index in [4.69, 9.17) is 10.2 Å². The molecule has 0 saturated carbocycles. The molecule has 0 bridgehead atoms. The van der Waals surface area contributed by atoms with Crippen LogP contribution in [0.1, 0.15) is 18.9 Å². The van der Waals surface area contributed by atoms with Crippen molar-refractivity contribution in [2.45, 2.75) is 25.9 Å². The van der Waals surface area contributed by atoms with E-state index in [-0.39, 0.29) is 0 Å². The summed E-state index contributed by atoms with van der Waals surface area (Å²) in [6.07, 6.45) is 3.11. The SMILES string of the molecule is CC1CC(CN)CN1Cc1coc2ccccc12. The molecule has 3 nitrogen and oxygen atoms in total. The number of benzene rings is 1. The second-order valence-electron chi connectivity index (χ2n) is 5.37. The van der Waals surface area contributed by atoms with E-state index in [2.05, 4.69) is 24.0 Å². The van der Waals surface area contributed by atoms with Crippen LogP contribution in [0.5, 0.6) is 0 Å². The van der Waals surface area contributed by atoms with Gasteiger partial charge in [-0.05, 0) is 31.9 Å². The van der Waals surface area contributed by atoms with Gasteiger partial charge >= 0.3 is 0 Å². The van der Waals surface area contributed by atoms with E-state index >= 15 is 0 Å². The Morgan fingerprint density at radius 3 is 3.00 bits per heavy atom. The van der Waals surface area contributed by atoms with E-state index in [1.807, 2.05) is 18.4 Å². The molecule has 0 spiro atoms. The van der Waals surface area contributed by atoms with Gasteiger partial charge in [0.15, 0.2) is 0 Å². The summed E-state index contributed by atoms with van der Waals surface area (Å²) in [7, 11) is 0. The Kier molecular flexibility index (Phi) is 3.10. The van der Waals surface area contributed by atoms with Crippen molar-refractivity contribution in [2.75, 3.05) is 13.1 Å². The summed E-state index contributed by atoms with van der Waals surface area (Å²) in [5, 5.41) is 1.24. The molecule has 96 valence electrons. The highest BCUT2D eigenvalue weighted by Gasteiger charge is 2.28. The Balaban J connectivity index is 1.80. The van der Waals surface area contributed by atoms with Gasteiger partial charge in [0.1, 0.15) is 5.58 Å². The Morgan fingerprint density at radius 1 is 1.39 bits per heavy atom. The maximum absolute atomic E-state index is 5.78. The Hall–Kier alpha value is -1.32. The fraction of sp³-hybridized carbons (Fsp3) is 0.467. The largest absolute Gasteiger partial charge is 0.464 e. The van der Waals surface area contributed by atoms with Gasteiger partial charge in [-0.25, -0.2) is 0 Å². The van der Waals surface area contributed by atoms with Gasteiger partial charge in [0.25, 0.3) is 0 Å². The van der Waals surface area contributed by atoms with Gasteiger partial charge in [-0.2, -0.15) is 0 Å². The van der Waals surface area contributed by atoms with Crippen LogP contribution in [0.25, 0.3) is 11.0 Å². The van der Waals surface area contributed by atoms with E-state index < -0.39 is 0 Å². The number of likely N-dealkylation sites (tertiary alicyclic amines) is 1. The molecule has 0 aliphatic carbocycles. The number of furan rings is 1. The lowest BCUT2D eigenvalue weighted by Gasteiger charge is -2.20. The molecule has 3 heteroatoms. The minimum absolute atomic E-state index is 0.618. The van der Waals surface area contributed by atoms with E-state index in [1.54, 1.807) is 0 Å². The topological polar surface area (TPSA) is 42.4 Å². The summed E-state index contributed by atoms with van der Waals surface area (Å²) in [5.74, 6) is 0.651. The molecule has 1 aliphatic heterocycles. The van der Waals surface area contributed by atoms with Gasteiger partial charge in [-0.3, -0.25) is 4.90 Å². The zero-order chi connectivity index (χ0) is 12.5. The molecule has 2 heterocycles. The molecule has 1 aliphatic rings. The van der Waals surface area contributed by atoms with Gasteiger partial charge < -0.3 is 10.2 Å². The summed E-state index contributed by atoms with van der Waals surface area (Å²) in [5.41, 5.74) is 8.05. The number of hydrogen-bond acceptors (Lipinski definition) is 3. The van der Waals surface area contributed by atoms with Crippen LogP contribution < -0.4 is 5.73 Å². The molecular weight excluding hydrogens is 224 g/mol. The molecule has 2 unspecified atom stereocenters. The lowest BCUT2D eigenvalue weighted by molar-refractivity contribution is 0.256. The maximum Gasteiger partial charge on any atom is 0.134 e. The highest BCUT2D eigenvalue weighted by molar-refractivity contribution is 5.80. The molecule has 18 heavy (non-hydrogen) atoms. The van der Waals surface area contributed by atoms with Crippen LogP contribution in [0.4, 0.5) is 0 Å². The van der Waals surface area contributed by atoms with Gasteiger partial charge in [0.05, 0.1) is 6.26 Å². The molecule has 0 amide bonds. The summed E-state index contributed by atoms with van der Waals surface area (Å²) in [6.45, 7) is 5.16. The third-order valence-electron chi connectivity index (χ3n) is 4.06. The van der Waals surface area contributed by atoms with E-state index in [0.717, 1.165) is 25.2 Å². The fourth-order valence-electron chi connectivity index (χ4n) is 2.98. The first-order chi connectivity index (χ1) is 8.78. The molecule has 2 aromatic rings. The predicted molar refractivity (Wildman–Crippen MR) is 73.2 cm³/mol. The van der Waals surface area contributed by atoms with Crippen molar-refractivity contribution in [3.05, 3.63) is 36.1 Å². The lowest BCUT2D eigenvalue weighted by Crippen LogP contribution is -2.27. The average molecular weight is 244 g/mol. The number of hydrogen-bond donors (Lipinski definition) is 1. The summed E-state index contributed by atoms with van der Waals surface area (Å²) in [6, 6.07) is 8.85. The predicted octanol–water partition coefficient (Wildman–Crippen LogP) is 2.60. The van der Waals surface area contributed by atoms with Crippen molar-refractivity contribution < 1.29 is 4.42 Å². The number of fused-ring (bicyclic) bond motifs is 1. The number of para-hydroxylation sites is 1. The first-order valence-corrected chi connectivity index (χ1v) is 6.67. The molecule has 2 N–H and O–H groups in total. The van der Waals surface area contributed by atoms with E-state index in [9.17, 15) is 0 Å². The maximum atomic E-state index is 5.78. The minimum Gasteiger partial charge on any atom is -0.464 e. The Bertz CT molecular complexity index is 534. The molecule has 0 radical (unpaired) electrons. The van der Waals surface area contributed by atoms with Crippen LogP contribution in [0, 0.1) is 5.92 Å². The summed E-state index contributed by atoms with van der Waals surface area (Å²) < 4.78 is 5.60. The van der Waals surface area contributed by atoms with Crippen molar-refractivity contribution in [3.63, 3.8) is 0 Å². The highest BCUT2D eigenvalue weighted by Crippen LogP contribution is 2.27. The molecule has 2 atom stereocenters. The number of rotatable bonds is 3. The molecule has 1 saturated heterocycles. The van der Waals surface area contributed by atoms with E-state index in [0.29, 0.717) is 12.0 Å². The zero-order valence-electron chi connectivity index (χ0n) is 10.8. The van der Waals surface area contributed by atoms with Crippen molar-refractivity contribution in [1.29, 1.82) is 0 Å². The third-order valence-corrected chi connectivity index (χ3v) is 4.06. The summed E-state index contributed by atoms with van der Waals surface area (Å²) >= 11 is 0. The first kappa shape index (κ1) is 11.8. The smallest absolute Gasteiger partial charge is 0.134 e. The van der Waals surface area contributed by atoms with Gasteiger partial charge in [0, 0.05) is 30.1 Å². The highest BCUT2D eigenvalue weighted by atomic mass is 16.3. The average Bonchev–Trinajstić information content (AvgIpc) is 2.95. The van der Waals surface area contributed by atoms with Crippen molar-refractivity contribution in [3.8, 4) is 0 Å². The minimum atomic E-state index is 0.618. The van der Waals surface area contributed by atoms with Crippen LogP contribution in [-0.4, -0.2) is 24.0 Å². The molecule has 1 aromatic carbocycles. The quantitative estimate of drug-likeness (QED) is 0.902. The van der Waals surface area contributed by atoms with Crippen LogP contribution in [0.15, 0.2) is 34.9 Å². The Morgan fingerprint density at radius 2 is 2.22 bits per heavy atom. The second kappa shape index (κ2) is 4.75. The monoisotopic (exact) mass is 244 g/mol. The summed E-state index contributed by atoms with van der Waals surface area (Å²) in [4.78, 5) is 2.51. The van der Waals surface area contributed by atoms with Crippen molar-refractivity contribution in [2.24, 2.45) is 11.7 Å². The van der Waals surface area contributed by atoms with Crippen LogP contribution in [0.2, 0.25) is 0 Å². The number of nitrogens with two attached hydrogens (primary N) is 1. The number of nitrogens with zero attached hydrogens (tertiary/aromatic N) is 1. The fourth-order valence-corrected chi connectivity index (χ4v) is 2.98. The molecule has 1 aromatic heterocycles.